The molecule has 6 heteroatoms. The molecule has 6 nitrogen and oxygen atoms in total. The van der Waals surface area contributed by atoms with Crippen LogP contribution in [0.15, 0.2) is 0 Å². The van der Waals surface area contributed by atoms with Gasteiger partial charge < -0.3 is 20.6 Å². The number of nitrogens with one attached hydrogen (secondary N) is 2. The van der Waals surface area contributed by atoms with Gasteiger partial charge in [-0.25, -0.2) is 4.79 Å². The number of carbonyl (C=O) groups is 2. The fourth-order valence-corrected chi connectivity index (χ4v) is 1.78. The maximum atomic E-state index is 11.6. The highest BCUT2D eigenvalue weighted by Gasteiger charge is 2.14. The molecule has 0 saturated heterocycles. The summed E-state index contributed by atoms with van der Waals surface area (Å²) in [6, 6.07) is -0.561. The third-order valence-corrected chi connectivity index (χ3v) is 2.71. The number of urea groups is 1. The monoisotopic (exact) mass is 273 g/mol. The van der Waals surface area contributed by atoms with Crippen LogP contribution in [0.3, 0.4) is 0 Å². The van der Waals surface area contributed by atoms with Crippen LogP contribution >= 0.6 is 0 Å². The van der Waals surface area contributed by atoms with E-state index in [0.717, 1.165) is 25.8 Å². The van der Waals surface area contributed by atoms with Crippen molar-refractivity contribution >= 4 is 12.0 Å². The van der Waals surface area contributed by atoms with E-state index in [1.54, 1.807) is 0 Å². The molecule has 1 unspecified atom stereocenters. The second-order valence-corrected chi connectivity index (χ2v) is 4.99. The lowest BCUT2D eigenvalue weighted by atomic mass is 10.1. The van der Waals surface area contributed by atoms with Crippen molar-refractivity contribution in [3.8, 4) is 0 Å². The van der Waals surface area contributed by atoms with Crippen LogP contribution in [0.1, 0.15) is 39.0 Å². The molecule has 112 valence electrons. The number of nitrogens with zero attached hydrogens (tertiary/aromatic N) is 1. The van der Waals surface area contributed by atoms with Crippen molar-refractivity contribution in [1.82, 2.24) is 15.5 Å². The molecule has 0 spiro atoms. The molecule has 0 aromatic carbocycles. The SMILES string of the molecule is CCCC(CC(=O)O)NC(=O)NCCCCN(C)C. The van der Waals surface area contributed by atoms with E-state index in [0.29, 0.717) is 13.0 Å². The van der Waals surface area contributed by atoms with Crippen molar-refractivity contribution in [3.63, 3.8) is 0 Å². The van der Waals surface area contributed by atoms with E-state index in [4.69, 9.17) is 5.11 Å². The van der Waals surface area contributed by atoms with E-state index >= 15 is 0 Å². The van der Waals surface area contributed by atoms with E-state index < -0.39 is 5.97 Å². The Morgan fingerprint density at radius 3 is 2.47 bits per heavy atom. The third-order valence-electron chi connectivity index (χ3n) is 2.71. The van der Waals surface area contributed by atoms with Crippen LogP contribution in [0.25, 0.3) is 0 Å². The minimum Gasteiger partial charge on any atom is -0.481 e. The zero-order valence-electron chi connectivity index (χ0n) is 12.2. The number of unbranched alkanes of at least 4 members (excludes halogenated alkanes) is 1. The van der Waals surface area contributed by atoms with Crippen molar-refractivity contribution in [3.05, 3.63) is 0 Å². The highest BCUT2D eigenvalue weighted by atomic mass is 16.4. The molecule has 1 atom stereocenters. The predicted molar refractivity (Wildman–Crippen MR) is 75.3 cm³/mol. The summed E-state index contributed by atoms with van der Waals surface area (Å²) in [6.45, 7) is 3.59. The van der Waals surface area contributed by atoms with E-state index in [-0.39, 0.29) is 18.5 Å². The maximum absolute atomic E-state index is 11.6. The number of carboxylic acids is 1. The van der Waals surface area contributed by atoms with E-state index in [1.807, 2.05) is 21.0 Å². The van der Waals surface area contributed by atoms with E-state index in [2.05, 4.69) is 15.5 Å². The molecule has 0 bridgehead atoms. The van der Waals surface area contributed by atoms with Gasteiger partial charge in [-0.15, -0.1) is 0 Å². The van der Waals surface area contributed by atoms with Gasteiger partial charge in [0, 0.05) is 12.6 Å². The molecule has 19 heavy (non-hydrogen) atoms. The van der Waals surface area contributed by atoms with Gasteiger partial charge in [0.1, 0.15) is 0 Å². The summed E-state index contributed by atoms with van der Waals surface area (Å²) in [4.78, 5) is 24.3. The number of aliphatic carboxylic acids is 1. The van der Waals surface area contributed by atoms with Crippen molar-refractivity contribution < 1.29 is 14.7 Å². The van der Waals surface area contributed by atoms with E-state index in [9.17, 15) is 9.59 Å². The van der Waals surface area contributed by atoms with Crippen molar-refractivity contribution in [1.29, 1.82) is 0 Å². The molecule has 0 aliphatic heterocycles. The summed E-state index contributed by atoms with van der Waals surface area (Å²) in [6.07, 6.45) is 3.45. The van der Waals surface area contributed by atoms with Gasteiger partial charge in [0.05, 0.1) is 6.42 Å². The first-order valence-corrected chi connectivity index (χ1v) is 6.86. The van der Waals surface area contributed by atoms with Gasteiger partial charge in [-0.2, -0.15) is 0 Å². The number of hydrogen-bond acceptors (Lipinski definition) is 3. The normalized spacial score (nSPS) is 12.2. The first-order chi connectivity index (χ1) is 8.95. The van der Waals surface area contributed by atoms with Crippen LogP contribution in [-0.4, -0.2) is 55.2 Å². The Morgan fingerprint density at radius 1 is 1.26 bits per heavy atom. The highest BCUT2D eigenvalue weighted by Crippen LogP contribution is 2.01. The summed E-state index contributed by atoms with van der Waals surface area (Å²) >= 11 is 0. The third kappa shape index (κ3) is 11.5. The topological polar surface area (TPSA) is 81.7 Å². The lowest BCUT2D eigenvalue weighted by molar-refractivity contribution is -0.137. The zero-order valence-corrected chi connectivity index (χ0v) is 12.2. The second-order valence-electron chi connectivity index (χ2n) is 4.99. The molecule has 0 heterocycles. The van der Waals surface area contributed by atoms with Gasteiger partial charge in [0.15, 0.2) is 0 Å². The highest BCUT2D eigenvalue weighted by molar-refractivity contribution is 5.75. The Morgan fingerprint density at radius 2 is 1.95 bits per heavy atom. The van der Waals surface area contributed by atoms with Crippen LogP contribution in [-0.2, 0) is 4.79 Å². The summed E-state index contributed by atoms with van der Waals surface area (Å²) in [7, 11) is 4.03. The molecular weight excluding hydrogens is 246 g/mol. The number of amides is 2. The molecule has 0 aromatic heterocycles. The molecule has 2 amide bonds. The summed E-state index contributed by atoms with van der Waals surface area (Å²) in [5.74, 6) is -0.885. The fourth-order valence-electron chi connectivity index (χ4n) is 1.78. The number of rotatable bonds is 10. The Hall–Kier alpha value is -1.30. The first-order valence-electron chi connectivity index (χ1n) is 6.86. The van der Waals surface area contributed by atoms with Crippen LogP contribution in [0.5, 0.6) is 0 Å². The molecule has 0 radical (unpaired) electrons. The zero-order chi connectivity index (χ0) is 14.7. The fraction of sp³-hybridized carbons (Fsp3) is 0.846. The number of carboxylic acid groups (broad SMARTS) is 1. The summed E-state index contributed by atoms with van der Waals surface area (Å²) in [5.41, 5.74) is 0. The quantitative estimate of drug-likeness (QED) is 0.524. The van der Waals surface area contributed by atoms with Gasteiger partial charge >= 0.3 is 12.0 Å². The first kappa shape index (κ1) is 17.7. The number of carbonyl (C=O) groups excluding carboxylic acids is 1. The minimum absolute atomic E-state index is 0.0259. The smallest absolute Gasteiger partial charge is 0.315 e. The van der Waals surface area contributed by atoms with Crippen molar-refractivity contribution in [2.75, 3.05) is 27.2 Å². The molecule has 0 aliphatic carbocycles. The van der Waals surface area contributed by atoms with Gasteiger partial charge in [0.25, 0.3) is 0 Å². The van der Waals surface area contributed by atoms with E-state index in [1.165, 1.54) is 0 Å². The predicted octanol–water partition coefficient (Wildman–Crippen LogP) is 1.27. The largest absolute Gasteiger partial charge is 0.481 e. The van der Waals surface area contributed by atoms with Crippen LogP contribution in [0.4, 0.5) is 4.79 Å². The molecule has 0 fully saturated rings. The van der Waals surface area contributed by atoms with Crippen molar-refractivity contribution in [2.45, 2.75) is 45.1 Å². The lowest BCUT2D eigenvalue weighted by Crippen LogP contribution is -2.43. The Kier molecular flexibility index (Phi) is 9.88. The molecular formula is C13H27N3O3. The molecule has 0 rings (SSSR count). The minimum atomic E-state index is -0.885. The summed E-state index contributed by atoms with van der Waals surface area (Å²) < 4.78 is 0. The van der Waals surface area contributed by atoms with Crippen LogP contribution in [0, 0.1) is 0 Å². The van der Waals surface area contributed by atoms with Crippen molar-refractivity contribution in [2.24, 2.45) is 0 Å². The maximum Gasteiger partial charge on any atom is 0.315 e. The van der Waals surface area contributed by atoms with Gasteiger partial charge in [-0.3, -0.25) is 4.79 Å². The Labute approximate surface area is 115 Å². The summed E-state index contributed by atoms with van der Waals surface area (Å²) in [5, 5.41) is 14.2. The van der Waals surface area contributed by atoms with Gasteiger partial charge in [-0.05, 0) is 39.9 Å². The number of hydrogen-bond donors (Lipinski definition) is 3. The average Bonchev–Trinajstić information content (AvgIpc) is 2.27. The Balaban J connectivity index is 3.77. The van der Waals surface area contributed by atoms with Gasteiger partial charge in [-0.1, -0.05) is 13.3 Å². The molecule has 3 N–H and O–H groups in total. The molecule has 0 aliphatic rings. The molecule has 0 aromatic rings. The average molecular weight is 273 g/mol. The van der Waals surface area contributed by atoms with Crippen LogP contribution < -0.4 is 10.6 Å². The standard InChI is InChI=1S/C13H27N3O3/c1-4-7-11(10-12(17)18)15-13(19)14-8-5-6-9-16(2)3/h11H,4-10H2,1-3H3,(H,17,18)(H2,14,15,19). The molecule has 0 saturated carbocycles. The Bertz CT molecular complexity index is 270. The van der Waals surface area contributed by atoms with Crippen LogP contribution in [0.2, 0.25) is 0 Å². The van der Waals surface area contributed by atoms with Gasteiger partial charge in [0.2, 0.25) is 0 Å². The lowest BCUT2D eigenvalue weighted by Gasteiger charge is -2.16. The second kappa shape index (κ2) is 10.6.